The lowest BCUT2D eigenvalue weighted by molar-refractivity contribution is -0.136. The van der Waals surface area contributed by atoms with Crippen molar-refractivity contribution in [3.05, 3.63) is 60.2 Å². The van der Waals surface area contributed by atoms with Crippen LogP contribution in [0.15, 0.2) is 54.6 Å². The molecule has 2 aromatic rings. The number of hydrogen-bond acceptors (Lipinski definition) is 4. The first-order valence-electron chi connectivity index (χ1n) is 7.63. The van der Waals surface area contributed by atoms with Gasteiger partial charge in [-0.2, -0.15) is 0 Å². The minimum absolute atomic E-state index is 0.454. The van der Waals surface area contributed by atoms with E-state index in [1.165, 1.54) is 0 Å². The molecule has 0 aromatic heterocycles. The quantitative estimate of drug-likeness (QED) is 0.892. The van der Waals surface area contributed by atoms with Crippen molar-refractivity contribution in [3.63, 3.8) is 0 Å². The molecule has 3 atom stereocenters. The van der Waals surface area contributed by atoms with E-state index in [0.717, 1.165) is 0 Å². The number of carbonyl (C=O) groups excluding carboxylic acids is 2. The van der Waals surface area contributed by atoms with Crippen LogP contribution in [0.2, 0.25) is 0 Å². The molecule has 0 radical (unpaired) electrons. The summed E-state index contributed by atoms with van der Waals surface area (Å²) in [6.45, 7) is 1.74. The Bertz CT molecular complexity index is 748. The molecule has 3 unspecified atom stereocenters. The Morgan fingerprint density at radius 2 is 1.58 bits per heavy atom. The number of carbonyl (C=O) groups is 2. The zero-order valence-corrected chi connectivity index (χ0v) is 13.1. The van der Waals surface area contributed by atoms with Crippen LogP contribution in [0, 0.1) is 0 Å². The highest BCUT2D eigenvalue weighted by molar-refractivity contribution is 5.90. The van der Waals surface area contributed by atoms with Crippen molar-refractivity contribution >= 4 is 11.8 Å². The number of nitrogens with one attached hydrogen (secondary N) is 1. The van der Waals surface area contributed by atoms with E-state index in [9.17, 15) is 9.59 Å². The Hall–Kier alpha value is -3.02. The molecule has 1 aliphatic heterocycles. The zero-order chi connectivity index (χ0) is 17.1. The Morgan fingerprint density at radius 1 is 1.00 bits per heavy atom. The highest BCUT2D eigenvalue weighted by atomic mass is 16.6. The van der Waals surface area contributed by atoms with Crippen LogP contribution in [-0.2, 0) is 9.59 Å². The third-order valence-corrected chi connectivity index (χ3v) is 3.80. The second-order valence-corrected chi connectivity index (χ2v) is 5.56. The third kappa shape index (κ3) is 3.17. The van der Waals surface area contributed by atoms with Crippen molar-refractivity contribution in [1.29, 1.82) is 0 Å². The largest absolute Gasteiger partial charge is 0.482 e. The summed E-state index contributed by atoms with van der Waals surface area (Å²) >= 11 is 0. The maximum atomic E-state index is 12.6. The molecule has 3 rings (SSSR count). The number of nitrogens with two attached hydrogens (primary N) is 1. The van der Waals surface area contributed by atoms with E-state index in [1.54, 1.807) is 49.4 Å². The molecule has 0 bridgehead atoms. The number of benzene rings is 2. The van der Waals surface area contributed by atoms with Crippen molar-refractivity contribution in [3.8, 4) is 11.5 Å². The lowest BCUT2D eigenvalue weighted by Crippen LogP contribution is -2.51. The molecule has 1 aliphatic rings. The number of para-hydroxylation sites is 2. The van der Waals surface area contributed by atoms with Gasteiger partial charge >= 0.3 is 0 Å². The third-order valence-electron chi connectivity index (χ3n) is 3.80. The topological polar surface area (TPSA) is 90.7 Å². The van der Waals surface area contributed by atoms with E-state index in [0.29, 0.717) is 17.1 Å². The molecule has 3 N–H and O–H groups in total. The second-order valence-electron chi connectivity index (χ2n) is 5.56. The van der Waals surface area contributed by atoms with Gasteiger partial charge in [-0.25, -0.2) is 0 Å². The van der Waals surface area contributed by atoms with Crippen molar-refractivity contribution < 1.29 is 19.1 Å². The molecular weight excluding hydrogens is 308 g/mol. The van der Waals surface area contributed by atoms with E-state index in [4.69, 9.17) is 15.2 Å². The van der Waals surface area contributed by atoms with Gasteiger partial charge in [0, 0.05) is 0 Å². The van der Waals surface area contributed by atoms with Crippen LogP contribution in [0.1, 0.15) is 18.5 Å². The van der Waals surface area contributed by atoms with Gasteiger partial charge < -0.3 is 20.5 Å². The zero-order valence-electron chi connectivity index (χ0n) is 13.1. The van der Waals surface area contributed by atoms with Gasteiger partial charge in [-0.3, -0.25) is 9.59 Å². The number of hydrogen-bond donors (Lipinski definition) is 2. The van der Waals surface area contributed by atoms with Gasteiger partial charge in [-0.15, -0.1) is 0 Å². The maximum Gasteiger partial charge on any atom is 0.265 e. The lowest BCUT2D eigenvalue weighted by Gasteiger charge is -2.31. The van der Waals surface area contributed by atoms with Crippen LogP contribution >= 0.6 is 0 Å². The van der Waals surface area contributed by atoms with Gasteiger partial charge in [0.1, 0.15) is 12.1 Å². The van der Waals surface area contributed by atoms with Gasteiger partial charge in [0.05, 0.1) is 0 Å². The van der Waals surface area contributed by atoms with Crippen molar-refractivity contribution in [1.82, 2.24) is 5.32 Å². The highest BCUT2D eigenvalue weighted by Gasteiger charge is 2.35. The minimum atomic E-state index is -0.924. The van der Waals surface area contributed by atoms with Gasteiger partial charge in [-0.05, 0) is 24.6 Å². The molecule has 0 spiro atoms. The van der Waals surface area contributed by atoms with Crippen LogP contribution in [-0.4, -0.2) is 24.0 Å². The second kappa shape index (κ2) is 6.62. The highest BCUT2D eigenvalue weighted by Crippen LogP contribution is 2.33. The standard InChI is InChI=1S/C18H18N2O4/c1-11-16(24-14-10-6-5-9-13(14)23-11)18(22)20-15(17(19)21)12-7-3-2-4-8-12/h2-11,15-16H,1H3,(H2,19,21)(H,20,22). The molecular formula is C18H18N2O4. The Kier molecular flexibility index (Phi) is 4.37. The SMILES string of the molecule is CC1Oc2ccccc2OC1C(=O)NC(C(N)=O)c1ccccc1. The predicted octanol–water partition coefficient (Wildman–Crippen LogP) is 1.56. The van der Waals surface area contributed by atoms with Crippen molar-refractivity contribution in [2.75, 3.05) is 0 Å². The number of rotatable bonds is 4. The summed E-state index contributed by atoms with van der Waals surface area (Å²) < 4.78 is 11.4. The summed E-state index contributed by atoms with van der Waals surface area (Å²) in [7, 11) is 0. The summed E-state index contributed by atoms with van der Waals surface area (Å²) in [6, 6.07) is 15.0. The number of ether oxygens (including phenoxy) is 2. The maximum absolute atomic E-state index is 12.6. The average molecular weight is 326 g/mol. The molecule has 1 heterocycles. The molecule has 6 nitrogen and oxygen atoms in total. The summed E-state index contributed by atoms with van der Waals surface area (Å²) in [5.41, 5.74) is 6.05. The van der Waals surface area contributed by atoms with Gasteiger partial charge in [0.2, 0.25) is 12.0 Å². The summed E-state index contributed by atoms with van der Waals surface area (Å²) in [5.74, 6) is -0.0152. The summed E-state index contributed by atoms with van der Waals surface area (Å²) in [5, 5.41) is 2.65. The average Bonchev–Trinajstić information content (AvgIpc) is 2.59. The monoisotopic (exact) mass is 326 g/mol. The lowest BCUT2D eigenvalue weighted by atomic mass is 10.1. The number of fused-ring (bicyclic) bond motifs is 1. The van der Waals surface area contributed by atoms with E-state index >= 15 is 0 Å². The normalized spacial score (nSPS) is 20.0. The van der Waals surface area contributed by atoms with Crippen molar-refractivity contribution in [2.24, 2.45) is 5.73 Å². The smallest absolute Gasteiger partial charge is 0.265 e. The van der Waals surface area contributed by atoms with Gasteiger partial charge in [0.15, 0.2) is 11.5 Å². The van der Waals surface area contributed by atoms with Crippen LogP contribution in [0.4, 0.5) is 0 Å². The fourth-order valence-electron chi connectivity index (χ4n) is 2.59. The fourth-order valence-corrected chi connectivity index (χ4v) is 2.59. The molecule has 6 heteroatoms. The van der Waals surface area contributed by atoms with Gasteiger partial charge in [-0.1, -0.05) is 42.5 Å². The van der Waals surface area contributed by atoms with Crippen LogP contribution in [0.25, 0.3) is 0 Å². The van der Waals surface area contributed by atoms with E-state index < -0.39 is 30.1 Å². The molecule has 0 fully saturated rings. The molecule has 2 aromatic carbocycles. The van der Waals surface area contributed by atoms with Crippen LogP contribution in [0.3, 0.4) is 0 Å². The van der Waals surface area contributed by atoms with E-state index in [-0.39, 0.29) is 0 Å². The molecule has 0 saturated carbocycles. The van der Waals surface area contributed by atoms with Crippen molar-refractivity contribution in [2.45, 2.75) is 25.2 Å². The molecule has 24 heavy (non-hydrogen) atoms. The van der Waals surface area contributed by atoms with Gasteiger partial charge in [0.25, 0.3) is 5.91 Å². The first-order chi connectivity index (χ1) is 11.6. The molecule has 0 saturated heterocycles. The fraction of sp³-hybridized carbons (Fsp3) is 0.222. The number of amides is 2. The van der Waals surface area contributed by atoms with Crippen LogP contribution < -0.4 is 20.5 Å². The first kappa shape index (κ1) is 15.9. The molecule has 2 amide bonds. The predicted molar refractivity (Wildman–Crippen MR) is 87.5 cm³/mol. The summed E-state index contributed by atoms with van der Waals surface area (Å²) in [6.07, 6.45) is -1.37. The van der Waals surface area contributed by atoms with E-state index in [1.807, 2.05) is 12.1 Å². The van der Waals surface area contributed by atoms with Crippen LogP contribution in [0.5, 0.6) is 11.5 Å². The minimum Gasteiger partial charge on any atom is -0.482 e. The Balaban J connectivity index is 1.77. The molecule has 0 aliphatic carbocycles. The Morgan fingerprint density at radius 3 is 2.21 bits per heavy atom. The first-order valence-corrected chi connectivity index (χ1v) is 7.63. The summed E-state index contributed by atoms with van der Waals surface area (Å²) in [4.78, 5) is 24.3. The number of primary amides is 1. The Labute approximate surface area is 139 Å². The molecule has 124 valence electrons. The van der Waals surface area contributed by atoms with E-state index in [2.05, 4.69) is 5.32 Å².